The Morgan fingerprint density at radius 3 is 2.79 bits per heavy atom. The van der Waals surface area contributed by atoms with Crippen molar-refractivity contribution < 1.29 is 13.2 Å². The summed E-state index contributed by atoms with van der Waals surface area (Å²) in [6.45, 7) is 0.308. The Labute approximate surface area is 110 Å². The first-order valence-electron chi connectivity index (χ1n) is 5.83. The average Bonchev–Trinajstić information content (AvgIpc) is 2.34. The van der Waals surface area contributed by atoms with E-state index in [0.29, 0.717) is 19.4 Å². The molecule has 1 fully saturated rings. The highest BCUT2D eigenvalue weighted by molar-refractivity contribution is 7.89. The molecule has 0 aromatic carbocycles. The van der Waals surface area contributed by atoms with Crippen molar-refractivity contribution in [2.24, 2.45) is 0 Å². The molecule has 0 bridgehead atoms. The highest BCUT2D eigenvalue weighted by Gasteiger charge is 2.28. The van der Waals surface area contributed by atoms with Gasteiger partial charge in [0, 0.05) is 44.5 Å². The molecule has 1 aliphatic heterocycles. The van der Waals surface area contributed by atoms with E-state index in [-0.39, 0.29) is 16.8 Å². The topological polar surface area (TPSA) is 99.3 Å². The van der Waals surface area contributed by atoms with Gasteiger partial charge in [-0.2, -0.15) is 0 Å². The van der Waals surface area contributed by atoms with Crippen LogP contribution >= 0.6 is 0 Å². The van der Waals surface area contributed by atoms with Crippen molar-refractivity contribution in [1.82, 2.24) is 14.6 Å². The molecule has 7 nitrogen and oxygen atoms in total. The standard InChI is InChI=1S/C11H15N3O4S/c1-14-7-8(2-3-11(14)16)13-19(17,18)10-6-12-5-4-9(10)15/h4-6,8,13H,2-3,7H2,1H3,(H,12,15). The van der Waals surface area contributed by atoms with E-state index in [1.54, 1.807) is 7.05 Å². The number of H-pyrrole nitrogens is 1. The summed E-state index contributed by atoms with van der Waals surface area (Å²) in [5, 5.41) is 0. The lowest BCUT2D eigenvalue weighted by molar-refractivity contribution is -0.132. The number of carbonyl (C=O) groups is 1. The Hall–Kier alpha value is -1.67. The fourth-order valence-corrected chi connectivity index (χ4v) is 3.32. The summed E-state index contributed by atoms with van der Waals surface area (Å²) in [5.74, 6) is -0.00648. The van der Waals surface area contributed by atoms with Crippen LogP contribution in [-0.2, 0) is 14.8 Å². The fourth-order valence-electron chi connectivity index (χ4n) is 2.00. The summed E-state index contributed by atoms with van der Waals surface area (Å²) >= 11 is 0. The van der Waals surface area contributed by atoms with Gasteiger partial charge in [-0.1, -0.05) is 0 Å². The Morgan fingerprint density at radius 1 is 1.42 bits per heavy atom. The maximum absolute atomic E-state index is 12.1. The Kier molecular flexibility index (Phi) is 3.72. The number of pyridine rings is 1. The number of aromatic amines is 1. The fraction of sp³-hybridized carbons (Fsp3) is 0.455. The van der Waals surface area contributed by atoms with Gasteiger partial charge in [-0.3, -0.25) is 9.59 Å². The smallest absolute Gasteiger partial charge is 0.246 e. The van der Waals surface area contributed by atoms with Gasteiger partial charge < -0.3 is 9.88 Å². The Balaban J connectivity index is 2.17. The third kappa shape index (κ3) is 3.02. The third-order valence-electron chi connectivity index (χ3n) is 3.03. The summed E-state index contributed by atoms with van der Waals surface area (Å²) in [6, 6.07) is 0.790. The molecular formula is C11H15N3O4S. The molecule has 0 aliphatic carbocycles. The number of hydrogen-bond donors (Lipinski definition) is 2. The number of hydrogen-bond acceptors (Lipinski definition) is 4. The molecule has 104 valence electrons. The second-order valence-electron chi connectivity index (χ2n) is 4.50. The zero-order chi connectivity index (χ0) is 14.0. The number of carbonyl (C=O) groups excluding carboxylic acids is 1. The predicted octanol–water partition coefficient (Wildman–Crippen LogP) is -0.726. The molecular weight excluding hydrogens is 270 g/mol. The van der Waals surface area contributed by atoms with Crippen molar-refractivity contribution in [3.05, 3.63) is 28.7 Å². The number of nitrogens with one attached hydrogen (secondary N) is 2. The zero-order valence-corrected chi connectivity index (χ0v) is 11.2. The van der Waals surface area contributed by atoms with E-state index in [0.717, 1.165) is 12.3 Å². The van der Waals surface area contributed by atoms with Gasteiger partial charge in [-0.15, -0.1) is 0 Å². The summed E-state index contributed by atoms with van der Waals surface area (Å²) in [5.41, 5.74) is -0.563. The minimum Gasteiger partial charge on any atom is -0.366 e. The van der Waals surface area contributed by atoms with E-state index in [4.69, 9.17) is 0 Å². The molecule has 1 amide bonds. The first-order chi connectivity index (χ1) is 8.90. The average molecular weight is 285 g/mol. The van der Waals surface area contributed by atoms with Gasteiger partial charge in [-0.25, -0.2) is 13.1 Å². The van der Waals surface area contributed by atoms with Gasteiger partial charge in [0.2, 0.25) is 21.4 Å². The number of amides is 1. The van der Waals surface area contributed by atoms with Gasteiger partial charge >= 0.3 is 0 Å². The van der Waals surface area contributed by atoms with E-state index in [1.807, 2.05) is 0 Å². The molecule has 2 heterocycles. The van der Waals surface area contributed by atoms with E-state index in [1.165, 1.54) is 11.1 Å². The van der Waals surface area contributed by atoms with Gasteiger partial charge in [-0.05, 0) is 6.42 Å². The second-order valence-corrected chi connectivity index (χ2v) is 6.19. The normalized spacial score (nSPS) is 20.6. The lowest BCUT2D eigenvalue weighted by Crippen LogP contribution is -2.48. The number of sulfonamides is 1. The monoisotopic (exact) mass is 285 g/mol. The Morgan fingerprint density at radius 2 is 2.16 bits per heavy atom. The van der Waals surface area contributed by atoms with Crippen LogP contribution < -0.4 is 10.2 Å². The molecule has 1 saturated heterocycles. The first kappa shape index (κ1) is 13.8. The van der Waals surface area contributed by atoms with Crippen molar-refractivity contribution in [3.63, 3.8) is 0 Å². The lowest BCUT2D eigenvalue weighted by atomic mass is 10.1. The highest BCUT2D eigenvalue weighted by Crippen LogP contribution is 2.12. The second kappa shape index (κ2) is 5.14. The minimum atomic E-state index is -3.86. The number of piperidine rings is 1. The van der Waals surface area contributed by atoms with Gasteiger partial charge in [0.15, 0.2) is 0 Å². The number of likely N-dealkylation sites (N-methyl/N-ethyl adjacent to an activating group) is 1. The van der Waals surface area contributed by atoms with Gasteiger partial charge in [0.1, 0.15) is 4.90 Å². The van der Waals surface area contributed by atoms with Crippen molar-refractivity contribution in [1.29, 1.82) is 0 Å². The maximum atomic E-state index is 12.1. The summed E-state index contributed by atoms with van der Waals surface area (Å²) < 4.78 is 26.6. The lowest BCUT2D eigenvalue weighted by Gasteiger charge is -2.29. The van der Waals surface area contributed by atoms with Crippen molar-refractivity contribution in [2.45, 2.75) is 23.8 Å². The molecule has 8 heteroatoms. The number of nitrogens with zero attached hydrogens (tertiary/aromatic N) is 1. The molecule has 19 heavy (non-hydrogen) atoms. The van der Waals surface area contributed by atoms with Crippen LogP contribution in [0.3, 0.4) is 0 Å². The van der Waals surface area contributed by atoms with Crippen LogP contribution in [0.4, 0.5) is 0 Å². The SMILES string of the molecule is CN1CC(NS(=O)(=O)c2c[nH]ccc2=O)CCC1=O. The Bertz CT molecular complexity index is 637. The first-order valence-corrected chi connectivity index (χ1v) is 7.32. The van der Waals surface area contributed by atoms with Crippen LogP contribution in [0.15, 0.2) is 28.2 Å². The van der Waals surface area contributed by atoms with E-state index >= 15 is 0 Å². The number of likely N-dealkylation sites (tertiary alicyclic amines) is 1. The summed E-state index contributed by atoms with van der Waals surface area (Å²) in [4.78, 5) is 26.6. The number of rotatable bonds is 3. The molecule has 1 aliphatic rings. The maximum Gasteiger partial charge on any atom is 0.246 e. The predicted molar refractivity (Wildman–Crippen MR) is 68.0 cm³/mol. The molecule has 2 N–H and O–H groups in total. The molecule has 0 radical (unpaired) electrons. The van der Waals surface area contributed by atoms with Crippen molar-refractivity contribution >= 4 is 15.9 Å². The van der Waals surface area contributed by atoms with Crippen LogP contribution in [0.2, 0.25) is 0 Å². The van der Waals surface area contributed by atoms with Crippen LogP contribution in [0.25, 0.3) is 0 Å². The van der Waals surface area contributed by atoms with Crippen LogP contribution in [0.5, 0.6) is 0 Å². The quantitative estimate of drug-likeness (QED) is 0.765. The van der Waals surface area contributed by atoms with Crippen LogP contribution in [-0.4, -0.2) is 43.8 Å². The molecule has 1 aromatic rings. The molecule has 1 unspecified atom stereocenters. The van der Waals surface area contributed by atoms with E-state index < -0.39 is 15.5 Å². The molecule has 0 spiro atoms. The van der Waals surface area contributed by atoms with Crippen molar-refractivity contribution in [2.75, 3.05) is 13.6 Å². The number of aromatic nitrogens is 1. The summed E-state index contributed by atoms with van der Waals surface area (Å²) in [6.07, 6.45) is 3.26. The zero-order valence-electron chi connectivity index (χ0n) is 10.4. The minimum absolute atomic E-state index is 0.00648. The van der Waals surface area contributed by atoms with Crippen LogP contribution in [0.1, 0.15) is 12.8 Å². The molecule has 0 saturated carbocycles. The van der Waals surface area contributed by atoms with Crippen LogP contribution in [0, 0.1) is 0 Å². The van der Waals surface area contributed by atoms with Gasteiger partial charge in [0.25, 0.3) is 0 Å². The molecule has 1 aromatic heterocycles. The van der Waals surface area contributed by atoms with E-state index in [9.17, 15) is 18.0 Å². The van der Waals surface area contributed by atoms with Gasteiger partial charge in [0.05, 0.1) is 0 Å². The van der Waals surface area contributed by atoms with E-state index in [2.05, 4.69) is 9.71 Å². The highest BCUT2D eigenvalue weighted by atomic mass is 32.2. The summed E-state index contributed by atoms with van der Waals surface area (Å²) in [7, 11) is -2.24. The molecule has 2 rings (SSSR count). The van der Waals surface area contributed by atoms with Crippen molar-refractivity contribution in [3.8, 4) is 0 Å². The largest absolute Gasteiger partial charge is 0.366 e. The third-order valence-corrected chi connectivity index (χ3v) is 4.57. The molecule has 1 atom stereocenters.